The summed E-state index contributed by atoms with van der Waals surface area (Å²) in [5.74, 6) is 0.574. The molecule has 20 heavy (non-hydrogen) atoms. The van der Waals surface area contributed by atoms with E-state index in [0.717, 1.165) is 17.3 Å². The Balaban J connectivity index is 1.68. The van der Waals surface area contributed by atoms with Crippen molar-refractivity contribution in [1.82, 2.24) is 14.8 Å². The van der Waals surface area contributed by atoms with Crippen LogP contribution in [-0.4, -0.2) is 33.4 Å². The third-order valence-corrected chi connectivity index (χ3v) is 3.43. The molecule has 0 unspecified atom stereocenters. The number of ether oxygens (including phenoxy) is 1. The Morgan fingerprint density at radius 1 is 1.45 bits per heavy atom. The highest BCUT2D eigenvalue weighted by molar-refractivity contribution is 9.10. The van der Waals surface area contributed by atoms with Gasteiger partial charge < -0.3 is 10.1 Å². The highest BCUT2D eigenvalue weighted by Crippen LogP contribution is 2.16. The number of hydrogen-bond donors (Lipinski definition) is 1. The smallest absolute Gasteiger partial charge is 0.253 e. The zero-order valence-electron chi connectivity index (χ0n) is 10.6. The van der Waals surface area contributed by atoms with Crippen LogP contribution < -0.4 is 5.32 Å². The van der Waals surface area contributed by atoms with Crippen molar-refractivity contribution in [3.63, 3.8) is 0 Å². The van der Waals surface area contributed by atoms with E-state index in [-0.39, 0.29) is 12.0 Å². The molecule has 1 N–H and O–H groups in total. The molecule has 7 heteroatoms. The first-order chi connectivity index (χ1) is 9.72. The van der Waals surface area contributed by atoms with E-state index in [1.54, 1.807) is 29.2 Å². The van der Waals surface area contributed by atoms with Crippen LogP contribution in [0.4, 0.5) is 5.69 Å². The number of nitrogens with one attached hydrogen (secondary N) is 1. The molecular formula is C13H13BrN4O2. The summed E-state index contributed by atoms with van der Waals surface area (Å²) in [4.78, 5) is 16.2. The molecule has 3 rings (SSSR count). The molecule has 2 aromatic rings. The van der Waals surface area contributed by atoms with E-state index in [4.69, 9.17) is 4.74 Å². The maximum atomic E-state index is 11.9. The molecule has 1 saturated heterocycles. The molecule has 1 amide bonds. The number of carbonyl (C=O) groups excluding carboxylic acids is 1. The molecule has 1 atom stereocenters. The fourth-order valence-electron chi connectivity index (χ4n) is 2.03. The van der Waals surface area contributed by atoms with Crippen LogP contribution in [0.15, 0.2) is 35.2 Å². The molecule has 104 valence electrons. The Hall–Kier alpha value is -1.73. The number of hydrogen-bond acceptors (Lipinski definition) is 4. The van der Waals surface area contributed by atoms with Crippen LogP contribution >= 0.6 is 15.9 Å². The lowest BCUT2D eigenvalue weighted by atomic mass is 10.2. The number of halogens is 1. The van der Waals surface area contributed by atoms with Gasteiger partial charge in [-0.25, -0.2) is 9.67 Å². The Morgan fingerprint density at radius 2 is 2.35 bits per heavy atom. The predicted molar refractivity (Wildman–Crippen MR) is 76.7 cm³/mol. The van der Waals surface area contributed by atoms with Crippen molar-refractivity contribution in [2.45, 2.75) is 18.9 Å². The van der Waals surface area contributed by atoms with Crippen molar-refractivity contribution in [2.24, 2.45) is 0 Å². The van der Waals surface area contributed by atoms with Gasteiger partial charge in [0.2, 0.25) is 0 Å². The molecule has 0 aromatic carbocycles. The van der Waals surface area contributed by atoms with Crippen molar-refractivity contribution in [1.29, 1.82) is 0 Å². The third kappa shape index (κ3) is 2.88. The number of aromatic nitrogens is 3. The summed E-state index contributed by atoms with van der Waals surface area (Å²) in [7, 11) is 0. The Kier molecular flexibility index (Phi) is 3.79. The maximum absolute atomic E-state index is 11.9. The molecule has 6 nitrogen and oxygen atoms in total. The molecule has 0 saturated carbocycles. The Labute approximate surface area is 124 Å². The van der Waals surface area contributed by atoms with Gasteiger partial charge in [0.25, 0.3) is 5.91 Å². The maximum Gasteiger partial charge on any atom is 0.253 e. The lowest BCUT2D eigenvalue weighted by Gasteiger charge is -2.10. The molecule has 1 aliphatic rings. The summed E-state index contributed by atoms with van der Waals surface area (Å²) in [6.45, 7) is 0.656. The SMILES string of the molecule is O=C(Nc1ccc(-n2cc(Br)cn2)nc1)[C@H]1CCCO1. The highest BCUT2D eigenvalue weighted by atomic mass is 79.9. The van der Waals surface area contributed by atoms with Crippen molar-refractivity contribution < 1.29 is 9.53 Å². The topological polar surface area (TPSA) is 69.0 Å². The van der Waals surface area contributed by atoms with Gasteiger partial charge in [-0.05, 0) is 40.9 Å². The van der Waals surface area contributed by atoms with E-state index in [9.17, 15) is 4.79 Å². The minimum Gasteiger partial charge on any atom is -0.368 e. The molecule has 0 radical (unpaired) electrons. The van der Waals surface area contributed by atoms with Gasteiger partial charge in [-0.1, -0.05) is 0 Å². The summed E-state index contributed by atoms with van der Waals surface area (Å²) >= 11 is 3.33. The van der Waals surface area contributed by atoms with Crippen molar-refractivity contribution in [3.8, 4) is 5.82 Å². The molecular weight excluding hydrogens is 324 g/mol. The predicted octanol–water partition coefficient (Wildman–Crippen LogP) is 2.15. The normalized spacial score (nSPS) is 18.1. The lowest BCUT2D eigenvalue weighted by Crippen LogP contribution is -2.26. The Morgan fingerprint density at radius 3 is 2.95 bits per heavy atom. The fraction of sp³-hybridized carbons (Fsp3) is 0.308. The minimum atomic E-state index is -0.336. The second kappa shape index (κ2) is 5.72. The van der Waals surface area contributed by atoms with Gasteiger partial charge in [0.05, 0.1) is 22.6 Å². The number of pyridine rings is 1. The number of amides is 1. The molecule has 0 aliphatic carbocycles. The van der Waals surface area contributed by atoms with Crippen LogP contribution in [0.1, 0.15) is 12.8 Å². The summed E-state index contributed by atoms with van der Waals surface area (Å²) in [6, 6.07) is 3.59. The van der Waals surface area contributed by atoms with Gasteiger partial charge in [-0.15, -0.1) is 0 Å². The van der Waals surface area contributed by atoms with E-state index in [1.165, 1.54) is 0 Å². The van der Waals surface area contributed by atoms with Crippen molar-refractivity contribution in [2.75, 3.05) is 11.9 Å². The second-order valence-corrected chi connectivity index (χ2v) is 5.41. The van der Waals surface area contributed by atoms with Gasteiger partial charge in [0, 0.05) is 12.8 Å². The monoisotopic (exact) mass is 336 g/mol. The standard InChI is InChI=1S/C13H13BrN4O2/c14-9-6-16-18(8-9)12-4-3-10(7-15-12)17-13(19)11-2-1-5-20-11/h3-4,6-8,11H,1-2,5H2,(H,17,19)/t11-/m1/s1. The van der Waals surface area contributed by atoms with Gasteiger partial charge in [0.1, 0.15) is 6.10 Å². The van der Waals surface area contributed by atoms with Crippen molar-refractivity contribution >= 4 is 27.5 Å². The quantitative estimate of drug-likeness (QED) is 0.932. The van der Waals surface area contributed by atoms with Crippen LogP contribution in [-0.2, 0) is 9.53 Å². The number of carbonyl (C=O) groups is 1. The van der Waals surface area contributed by atoms with Gasteiger partial charge in [-0.2, -0.15) is 5.10 Å². The number of anilines is 1. The summed E-state index contributed by atoms with van der Waals surface area (Å²) in [6.07, 6.45) is 6.48. The molecule has 2 aromatic heterocycles. The molecule has 3 heterocycles. The van der Waals surface area contributed by atoms with E-state index < -0.39 is 0 Å². The lowest BCUT2D eigenvalue weighted by molar-refractivity contribution is -0.124. The minimum absolute atomic E-state index is 0.112. The average molecular weight is 337 g/mol. The van der Waals surface area contributed by atoms with E-state index in [1.807, 2.05) is 6.20 Å². The van der Waals surface area contributed by atoms with Crippen LogP contribution in [0, 0.1) is 0 Å². The molecule has 1 aliphatic heterocycles. The zero-order valence-corrected chi connectivity index (χ0v) is 12.2. The molecule has 0 bridgehead atoms. The van der Waals surface area contributed by atoms with Crippen LogP contribution in [0.3, 0.4) is 0 Å². The van der Waals surface area contributed by atoms with Crippen LogP contribution in [0.5, 0.6) is 0 Å². The third-order valence-electron chi connectivity index (χ3n) is 3.02. The van der Waals surface area contributed by atoms with Gasteiger partial charge in [0.15, 0.2) is 5.82 Å². The second-order valence-electron chi connectivity index (χ2n) is 4.50. The molecule has 1 fully saturated rings. The molecule has 0 spiro atoms. The first-order valence-corrected chi connectivity index (χ1v) is 7.11. The largest absolute Gasteiger partial charge is 0.368 e. The van der Waals surface area contributed by atoms with Crippen LogP contribution in [0.25, 0.3) is 5.82 Å². The van der Waals surface area contributed by atoms with E-state index >= 15 is 0 Å². The van der Waals surface area contributed by atoms with E-state index in [0.29, 0.717) is 18.1 Å². The van der Waals surface area contributed by atoms with Crippen LogP contribution in [0.2, 0.25) is 0 Å². The summed E-state index contributed by atoms with van der Waals surface area (Å²) in [5, 5.41) is 6.94. The Bertz CT molecular complexity index is 605. The average Bonchev–Trinajstić information content (AvgIpc) is 3.10. The van der Waals surface area contributed by atoms with E-state index in [2.05, 4.69) is 31.3 Å². The zero-order chi connectivity index (χ0) is 13.9. The highest BCUT2D eigenvalue weighted by Gasteiger charge is 2.23. The number of nitrogens with zero attached hydrogens (tertiary/aromatic N) is 3. The summed E-state index contributed by atoms with van der Waals surface area (Å²) in [5.41, 5.74) is 0.653. The van der Waals surface area contributed by atoms with Gasteiger partial charge >= 0.3 is 0 Å². The van der Waals surface area contributed by atoms with Gasteiger partial charge in [-0.3, -0.25) is 4.79 Å². The fourth-order valence-corrected chi connectivity index (χ4v) is 2.31. The first kappa shape index (κ1) is 13.3. The number of rotatable bonds is 3. The van der Waals surface area contributed by atoms with Crippen molar-refractivity contribution in [3.05, 3.63) is 35.2 Å². The first-order valence-electron chi connectivity index (χ1n) is 6.31. The summed E-state index contributed by atoms with van der Waals surface area (Å²) < 4.78 is 7.86.